The van der Waals surface area contributed by atoms with Crippen LogP contribution in [0.3, 0.4) is 0 Å². The number of benzene rings is 1. The molecule has 1 aromatic heterocycles. The van der Waals surface area contributed by atoms with Crippen molar-refractivity contribution in [3.63, 3.8) is 0 Å². The molecule has 1 unspecified atom stereocenters. The van der Waals surface area contributed by atoms with Gasteiger partial charge in [-0.15, -0.1) is 0 Å². The normalized spacial score (nSPS) is 18.7. The molecule has 20 heavy (non-hydrogen) atoms. The maximum atomic E-state index is 12.1. The molecule has 104 valence electrons. The molecule has 2 aromatic rings. The van der Waals surface area contributed by atoms with E-state index < -0.39 is 0 Å². The minimum atomic E-state index is -0.201. The van der Waals surface area contributed by atoms with Gasteiger partial charge >= 0.3 is 0 Å². The van der Waals surface area contributed by atoms with Gasteiger partial charge in [0, 0.05) is 24.2 Å². The Morgan fingerprint density at radius 3 is 2.95 bits per heavy atom. The number of piperidine rings is 1. The van der Waals surface area contributed by atoms with Crippen LogP contribution >= 0.6 is 0 Å². The highest BCUT2D eigenvalue weighted by Gasteiger charge is 2.19. The van der Waals surface area contributed by atoms with Crippen LogP contribution in [0.4, 0.5) is 0 Å². The van der Waals surface area contributed by atoms with Crippen LogP contribution in [0.2, 0.25) is 0 Å². The van der Waals surface area contributed by atoms with Gasteiger partial charge in [0.25, 0.3) is 5.91 Å². The third-order valence-electron chi connectivity index (χ3n) is 3.44. The highest BCUT2D eigenvalue weighted by atomic mass is 16.5. The van der Waals surface area contributed by atoms with E-state index in [1.165, 1.54) is 0 Å². The van der Waals surface area contributed by atoms with Crippen molar-refractivity contribution >= 4 is 5.91 Å². The highest BCUT2D eigenvalue weighted by molar-refractivity contribution is 5.92. The molecule has 0 spiro atoms. The van der Waals surface area contributed by atoms with Gasteiger partial charge in [0.15, 0.2) is 0 Å². The van der Waals surface area contributed by atoms with Gasteiger partial charge in [-0.25, -0.2) is 0 Å². The van der Waals surface area contributed by atoms with Gasteiger partial charge in [0.2, 0.25) is 5.76 Å². The summed E-state index contributed by atoms with van der Waals surface area (Å²) in [5.74, 6) is 0.0582. The maximum Gasteiger partial charge on any atom is 0.290 e. The van der Waals surface area contributed by atoms with Crippen LogP contribution in [0.5, 0.6) is 0 Å². The van der Waals surface area contributed by atoms with Crippen molar-refractivity contribution in [2.75, 3.05) is 13.1 Å². The number of aromatic nitrogens is 1. The van der Waals surface area contributed by atoms with Crippen molar-refractivity contribution in [1.82, 2.24) is 15.8 Å². The zero-order valence-electron chi connectivity index (χ0n) is 11.1. The van der Waals surface area contributed by atoms with Crippen LogP contribution in [0, 0.1) is 0 Å². The van der Waals surface area contributed by atoms with E-state index >= 15 is 0 Å². The zero-order chi connectivity index (χ0) is 13.8. The first kappa shape index (κ1) is 12.9. The predicted molar refractivity (Wildman–Crippen MR) is 75.3 cm³/mol. The molecule has 1 aromatic carbocycles. The van der Waals surface area contributed by atoms with Crippen LogP contribution in [0.1, 0.15) is 23.4 Å². The van der Waals surface area contributed by atoms with Crippen molar-refractivity contribution < 1.29 is 9.32 Å². The zero-order valence-corrected chi connectivity index (χ0v) is 11.1. The lowest BCUT2D eigenvalue weighted by Crippen LogP contribution is -2.45. The summed E-state index contributed by atoms with van der Waals surface area (Å²) in [6.45, 7) is 1.83. The van der Waals surface area contributed by atoms with Gasteiger partial charge in [0.05, 0.1) is 0 Å². The Labute approximate surface area is 117 Å². The number of carbonyl (C=O) groups is 1. The van der Waals surface area contributed by atoms with Gasteiger partial charge in [-0.05, 0) is 19.4 Å². The quantitative estimate of drug-likeness (QED) is 0.893. The summed E-state index contributed by atoms with van der Waals surface area (Å²) in [5.41, 5.74) is 1.62. The van der Waals surface area contributed by atoms with Crippen molar-refractivity contribution in [2.45, 2.75) is 18.9 Å². The number of rotatable bonds is 3. The summed E-state index contributed by atoms with van der Waals surface area (Å²) in [4.78, 5) is 12.1. The first-order chi connectivity index (χ1) is 9.83. The van der Waals surface area contributed by atoms with E-state index in [4.69, 9.17) is 4.52 Å². The summed E-state index contributed by atoms with van der Waals surface area (Å²) < 4.78 is 5.14. The number of amides is 1. The van der Waals surface area contributed by atoms with Crippen LogP contribution in [0.15, 0.2) is 40.9 Å². The molecule has 3 rings (SSSR count). The van der Waals surface area contributed by atoms with E-state index in [1.54, 1.807) is 6.07 Å². The number of hydrogen-bond acceptors (Lipinski definition) is 4. The van der Waals surface area contributed by atoms with E-state index in [-0.39, 0.29) is 17.7 Å². The minimum Gasteiger partial charge on any atom is -0.350 e. The lowest BCUT2D eigenvalue weighted by molar-refractivity contribution is 0.0893. The molecule has 1 atom stereocenters. The average molecular weight is 271 g/mol. The van der Waals surface area contributed by atoms with E-state index in [9.17, 15) is 4.79 Å². The fourth-order valence-electron chi connectivity index (χ4n) is 2.36. The molecule has 2 N–H and O–H groups in total. The Kier molecular flexibility index (Phi) is 3.78. The van der Waals surface area contributed by atoms with Gasteiger partial charge in [-0.1, -0.05) is 35.5 Å². The second-order valence-electron chi connectivity index (χ2n) is 4.96. The molecule has 0 bridgehead atoms. The van der Waals surface area contributed by atoms with E-state index in [0.29, 0.717) is 5.69 Å². The van der Waals surface area contributed by atoms with Crippen molar-refractivity contribution in [2.24, 2.45) is 0 Å². The number of hydrogen-bond donors (Lipinski definition) is 2. The Morgan fingerprint density at radius 1 is 1.35 bits per heavy atom. The Morgan fingerprint density at radius 2 is 2.20 bits per heavy atom. The number of nitrogens with one attached hydrogen (secondary N) is 2. The van der Waals surface area contributed by atoms with Gasteiger partial charge in [0.1, 0.15) is 5.69 Å². The molecular weight excluding hydrogens is 254 g/mol. The highest BCUT2D eigenvalue weighted by Crippen LogP contribution is 2.18. The largest absolute Gasteiger partial charge is 0.350 e. The molecular formula is C15H17N3O2. The SMILES string of the molecule is O=C(NC1CCCNC1)c1cc(-c2ccccc2)no1. The van der Waals surface area contributed by atoms with Crippen molar-refractivity contribution in [1.29, 1.82) is 0 Å². The smallest absolute Gasteiger partial charge is 0.290 e. The van der Waals surface area contributed by atoms with Gasteiger partial charge in [-0.2, -0.15) is 0 Å². The van der Waals surface area contributed by atoms with Crippen LogP contribution in [-0.2, 0) is 0 Å². The van der Waals surface area contributed by atoms with Gasteiger partial charge < -0.3 is 15.2 Å². The topological polar surface area (TPSA) is 67.2 Å². The lowest BCUT2D eigenvalue weighted by Gasteiger charge is -2.23. The lowest BCUT2D eigenvalue weighted by atomic mass is 10.1. The third-order valence-corrected chi connectivity index (χ3v) is 3.44. The summed E-state index contributed by atoms with van der Waals surface area (Å²) in [6.07, 6.45) is 2.08. The Balaban J connectivity index is 1.68. The first-order valence-electron chi connectivity index (χ1n) is 6.86. The summed E-state index contributed by atoms with van der Waals surface area (Å²) in [6, 6.07) is 11.5. The Hall–Kier alpha value is -2.14. The number of carbonyl (C=O) groups excluding carboxylic acids is 1. The second kappa shape index (κ2) is 5.88. The molecule has 1 aliphatic heterocycles. The predicted octanol–water partition coefficient (Wildman–Crippen LogP) is 1.82. The molecule has 5 heteroatoms. The molecule has 2 heterocycles. The second-order valence-corrected chi connectivity index (χ2v) is 4.96. The molecule has 0 radical (unpaired) electrons. The monoisotopic (exact) mass is 271 g/mol. The fraction of sp³-hybridized carbons (Fsp3) is 0.333. The van der Waals surface area contributed by atoms with Crippen molar-refractivity contribution in [3.8, 4) is 11.3 Å². The standard InChI is InChI=1S/C15H17N3O2/c19-15(17-12-7-4-8-16-10-12)14-9-13(18-20-14)11-5-2-1-3-6-11/h1-3,5-6,9,12,16H,4,7-8,10H2,(H,17,19). The fourth-order valence-corrected chi connectivity index (χ4v) is 2.36. The summed E-state index contributed by atoms with van der Waals surface area (Å²) >= 11 is 0. The first-order valence-corrected chi connectivity index (χ1v) is 6.86. The van der Waals surface area contributed by atoms with Crippen LogP contribution in [0.25, 0.3) is 11.3 Å². The number of nitrogens with zero attached hydrogens (tertiary/aromatic N) is 1. The molecule has 1 saturated heterocycles. The molecule has 5 nitrogen and oxygen atoms in total. The van der Waals surface area contributed by atoms with Crippen molar-refractivity contribution in [3.05, 3.63) is 42.2 Å². The summed E-state index contributed by atoms with van der Waals surface area (Å²) in [7, 11) is 0. The molecule has 0 saturated carbocycles. The average Bonchev–Trinajstić information content (AvgIpc) is 2.99. The van der Waals surface area contributed by atoms with E-state index in [0.717, 1.165) is 31.5 Å². The van der Waals surface area contributed by atoms with E-state index in [1.807, 2.05) is 30.3 Å². The maximum absolute atomic E-state index is 12.1. The van der Waals surface area contributed by atoms with E-state index in [2.05, 4.69) is 15.8 Å². The minimum absolute atomic E-state index is 0.168. The van der Waals surface area contributed by atoms with Crippen LogP contribution in [-0.4, -0.2) is 30.2 Å². The van der Waals surface area contributed by atoms with Crippen LogP contribution < -0.4 is 10.6 Å². The molecule has 1 amide bonds. The Bertz CT molecular complexity index is 574. The molecule has 0 aliphatic carbocycles. The van der Waals surface area contributed by atoms with Gasteiger partial charge in [-0.3, -0.25) is 4.79 Å². The summed E-state index contributed by atoms with van der Waals surface area (Å²) in [5, 5.41) is 10.2. The molecule has 1 aliphatic rings. The third kappa shape index (κ3) is 2.88. The molecule has 1 fully saturated rings.